The Bertz CT molecular complexity index is 2880. The number of carbonyl (C=O) groups is 1. The summed E-state index contributed by atoms with van der Waals surface area (Å²) >= 11 is 11.9. The molecule has 7 aromatic rings. The molecule has 0 aliphatic heterocycles. The van der Waals surface area contributed by atoms with Crippen LogP contribution in [0.25, 0.3) is 22.5 Å². The zero-order valence-corrected chi connectivity index (χ0v) is 38.9. The van der Waals surface area contributed by atoms with Gasteiger partial charge in [0.05, 0.1) is 30.3 Å². The second-order valence-corrected chi connectivity index (χ2v) is 16.1. The number of hydrogen-bond acceptors (Lipinski definition) is 11. The van der Waals surface area contributed by atoms with Gasteiger partial charge in [0.25, 0.3) is 0 Å². The highest BCUT2D eigenvalue weighted by Gasteiger charge is 2.38. The van der Waals surface area contributed by atoms with Crippen molar-refractivity contribution in [3.05, 3.63) is 200 Å². The Kier molecular flexibility index (Phi) is 18.9. The van der Waals surface area contributed by atoms with E-state index in [4.69, 9.17) is 61.0 Å². The molecule has 69 heavy (non-hydrogen) atoms. The van der Waals surface area contributed by atoms with E-state index in [-0.39, 0.29) is 60.8 Å². The van der Waals surface area contributed by atoms with Gasteiger partial charge in [-0.05, 0) is 66.9 Å². The van der Waals surface area contributed by atoms with Gasteiger partial charge in [0, 0.05) is 45.5 Å². The number of nitrogens with one attached hydrogen (secondary N) is 1. The van der Waals surface area contributed by atoms with Crippen LogP contribution in [0, 0.1) is 23.3 Å². The molecule has 362 valence electrons. The first-order valence-corrected chi connectivity index (χ1v) is 22.7. The first kappa shape index (κ1) is 53.6. The van der Waals surface area contributed by atoms with Gasteiger partial charge in [-0.1, -0.05) is 114 Å². The number of nitrogen functional groups attached to an aromatic ring is 1. The van der Waals surface area contributed by atoms with Gasteiger partial charge >= 0.3 is 10.4 Å². The van der Waals surface area contributed by atoms with Gasteiger partial charge in [0.2, 0.25) is 6.29 Å². The Balaban J connectivity index is 0.000000293. The summed E-state index contributed by atoms with van der Waals surface area (Å²) in [5.41, 5.74) is 5.33. The van der Waals surface area contributed by atoms with Gasteiger partial charge in [-0.15, -0.1) is 0 Å². The number of halogens is 6. The third kappa shape index (κ3) is 12.9. The van der Waals surface area contributed by atoms with E-state index in [9.17, 15) is 18.7 Å². The molecule has 0 amide bonds. The fourth-order valence-corrected chi connectivity index (χ4v) is 7.52. The molecule has 5 aromatic carbocycles. The third-order valence-corrected chi connectivity index (χ3v) is 10.8. The summed E-state index contributed by atoms with van der Waals surface area (Å²) in [6, 6.07) is 37.0. The van der Waals surface area contributed by atoms with Crippen molar-refractivity contribution in [1.82, 2.24) is 9.97 Å². The molecule has 0 bridgehead atoms. The van der Waals surface area contributed by atoms with Gasteiger partial charge in [0.1, 0.15) is 34.3 Å². The third-order valence-electron chi connectivity index (χ3n) is 10.1. The maximum Gasteiger partial charge on any atom is 0.394 e. The molecule has 0 spiro atoms. The minimum absolute atomic E-state index is 0.00803. The molecule has 0 aliphatic rings. The van der Waals surface area contributed by atoms with Crippen LogP contribution in [0.4, 0.5) is 28.9 Å². The van der Waals surface area contributed by atoms with Crippen LogP contribution in [0.3, 0.4) is 0 Å². The number of pyridine rings is 2. The van der Waals surface area contributed by atoms with Crippen molar-refractivity contribution in [2.45, 2.75) is 38.9 Å². The molecule has 2 aromatic heterocycles. The molecule has 2 heterocycles. The monoisotopic (exact) mass is 1010 g/mol. The fourth-order valence-electron chi connectivity index (χ4n) is 7.10. The van der Waals surface area contributed by atoms with Crippen LogP contribution >= 0.6 is 23.2 Å². The molecule has 20 heteroatoms. The number of aliphatic hydroxyl groups is 2. The average Bonchev–Trinajstić information content (AvgIpc) is 3.33. The van der Waals surface area contributed by atoms with Crippen LogP contribution in [0.1, 0.15) is 64.1 Å². The molecule has 0 unspecified atom stereocenters. The molecule has 13 nitrogen and oxygen atoms in total. The lowest BCUT2D eigenvalue weighted by atomic mass is 9.76. The van der Waals surface area contributed by atoms with E-state index >= 15 is 8.78 Å². The van der Waals surface area contributed by atoms with Crippen LogP contribution in [-0.2, 0) is 38.6 Å². The Labute approximate surface area is 404 Å². The molecule has 7 rings (SSSR count). The van der Waals surface area contributed by atoms with Crippen LogP contribution < -0.4 is 11.1 Å². The summed E-state index contributed by atoms with van der Waals surface area (Å²) in [5.74, 6) is -3.51. The Morgan fingerprint density at radius 3 is 1.45 bits per heavy atom. The van der Waals surface area contributed by atoms with Crippen LogP contribution in [-0.4, -0.2) is 57.2 Å². The summed E-state index contributed by atoms with van der Waals surface area (Å²) in [5, 5.41) is 22.5. The van der Waals surface area contributed by atoms with Crippen LogP contribution in [0.2, 0.25) is 10.0 Å². The molecule has 0 saturated carbocycles. The summed E-state index contributed by atoms with van der Waals surface area (Å²) in [6.07, 6.45) is -0.572. The predicted molar refractivity (Wildman–Crippen MR) is 254 cm³/mol. The number of carbonyl (C=O) groups excluding carboxylic acids is 1. The van der Waals surface area contributed by atoms with Crippen molar-refractivity contribution in [1.29, 1.82) is 0 Å². The lowest BCUT2D eigenvalue weighted by molar-refractivity contribution is -0.142. The van der Waals surface area contributed by atoms with Crippen molar-refractivity contribution in [2.24, 2.45) is 0 Å². The predicted octanol–water partition coefficient (Wildman–Crippen LogP) is 10.6. The normalized spacial score (nSPS) is 11.3. The van der Waals surface area contributed by atoms with Crippen molar-refractivity contribution in [2.75, 3.05) is 24.3 Å². The van der Waals surface area contributed by atoms with E-state index in [1.54, 1.807) is 6.07 Å². The second kappa shape index (κ2) is 24.3. The second-order valence-electron chi connectivity index (χ2n) is 14.4. The van der Waals surface area contributed by atoms with E-state index in [1.807, 2.05) is 105 Å². The molecule has 0 aliphatic carbocycles. The lowest BCUT2D eigenvalue weighted by Gasteiger charge is -2.38. The van der Waals surface area contributed by atoms with Crippen LogP contribution in [0.15, 0.2) is 127 Å². The van der Waals surface area contributed by atoms with Crippen molar-refractivity contribution < 1.29 is 59.6 Å². The molecular formula is C49H44Cl2F4N4O9S. The first-order chi connectivity index (χ1) is 32.9. The van der Waals surface area contributed by atoms with Crippen molar-refractivity contribution >= 4 is 51.3 Å². The molecule has 0 radical (unpaired) electrons. The number of aldehydes is 1. The zero-order chi connectivity index (χ0) is 50.5. The van der Waals surface area contributed by atoms with Gasteiger partial charge in [0.15, 0.2) is 17.9 Å². The maximum absolute atomic E-state index is 16.9. The standard InChI is InChI=1S/C36H33ClF2N2O3.C13H9ClF2N2O2.H2O4S/c1-3-43-35(44-4-2)31-22-30(33(39)34(40-31)27-20-21-29(37)28(23-42)32(27)38)41-36(24-14-8-5-9-15-24,25-16-10-6-11-17-25)26-18-12-7-13-19-26;14-9-2-1-7(11(15)8(9)5-20)13-12(16)10(17)3-6(4-19)18-13;1-5(2,3)4/h5-22,35,42H,3-4,23H2,1-2H3,(H,40,41);1-4,20H,5H2,(H2,17,18);(H2,1,2,3,4). The lowest BCUT2D eigenvalue weighted by Crippen LogP contribution is -2.38. The quantitative estimate of drug-likeness (QED) is 0.0186. The summed E-state index contributed by atoms with van der Waals surface area (Å²) in [4.78, 5) is 18.9. The minimum atomic E-state index is -4.67. The number of hydrogen-bond donors (Lipinski definition) is 6. The number of nitrogens with zero attached hydrogens (tertiary/aromatic N) is 2. The fraction of sp³-hybridized carbons (Fsp3) is 0.163. The van der Waals surface area contributed by atoms with E-state index in [0.29, 0.717) is 19.5 Å². The Morgan fingerprint density at radius 1 is 0.667 bits per heavy atom. The number of nitrogens with two attached hydrogens (primary N) is 1. The SMILES string of the molecule is CCOC(OCC)c1cc(NC(c2ccccc2)(c2ccccc2)c2ccccc2)c(F)c(-c2ccc(Cl)c(CO)c2F)n1.Nc1cc(C=O)nc(-c2ccc(Cl)c(CO)c2F)c1F.O=S(=O)(O)O. The van der Waals surface area contributed by atoms with Crippen LogP contribution in [0.5, 0.6) is 0 Å². The van der Waals surface area contributed by atoms with E-state index in [0.717, 1.165) is 22.8 Å². The number of anilines is 2. The molecule has 0 fully saturated rings. The van der Waals surface area contributed by atoms with Gasteiger partial charge < -0.3 is 30.7 Å². The topological polar surface area (TPSA) is 214 Å². The van der Waals surface area contributed by atoms with Gasteiger partial charge in [-0.25, -0.2) is 27.5 Å². The molecular weight excluding hydrogens is 968 g/mol. The van der Waals surface area contributed by atoms with Gasteiger partial charge in [-0.2, -0.15) is 8.42 Å². The Hall–Kier alpha value is -6.32. The number of rotatable bonds is 15. The smallest absolute Gasteiger partial charge is 0.394 e. The summed E-state index contributed by atoms with van der Waals surface area (Å²) in [6.45, 7) is 2.91. The van der Waals surface area contributed by atoms with E-state index < -0.39 is 64.4 Å². The Morgan fingerprint density at radius 2 is 1.07 bits per heavy atom. The maximum atomic E-state index is 16.9. The number of aliphatic hydroxyl groups excluding tert-OH is 2. The number of ether oxygens (including phenoxy) is 2. The van der Waals surface area contributed by atoms with Crippen molar-refractivity contribution in [3.63, 3.8) is 0 Å². The summed E-state index contributed by atoms with van der Waals surface area (Å²) in [7, 11) is -4.67. The molecule has 0 saturated heterocycles. The highest BCUT2D eigenvalue weighted by Crippen LogP contribution is 2.43. The van der Waals surface area contributed by atoms with Crippen molar-refractivity contribution in [3.8, 4) is 22.5 Å². The summed E-state index contributed by atoms with van der Waals surface area (Å²) < 4.78 is 104. The average molecular weight is 1010 g/mol. The van der Waals surface area contributed by atoms with E-state index in [2.05, 4.69) is 15.3 Å². The molecule has 0 atom stereocenters. The first-order valence-electron chi connectivity index (χ1n) is 20.6. The number of aromatic nitrogens is 2. The number of benzene rings is 5. The van der Waals surface area contributed by atoms with E-state index in [1.165, 1.54) is 24.3 Å². The largest absolute Gasteiger partial charge is 0.396 e. The zero-order valence-electron chi connectivity index (χ0n) is 36.6. The highest BCUT2D eigenvalue weighted by molar-refractivity contribution is 7.79. The highest BCUT2D eigenvalue weighted by atomic mass is 35.5. The molecule has 7 N–H and O–H groups in total. The van der Waals surface area contributed by atoms with Gasteiger partial charge in [-0.3, -0.25) is 13.9 Å². The minimum Gasteiger partial charge on any atom is -0.396 e.